The van der Waals surface area contributed by atoms with E-state index in [4.69, 9.17) is 0 Å². The van der Waals surface area contributed by atoms with Crippen molar-refractivity contribution >= 4 is 15.9 Å². The van der Waals surface area contributed by atoms with Gasteiger partial charge in [0, 0.05) is 5.56 Å². The molecule has 0 heterocycles. The van der Waals surface area contributed by atoms with Crippen LogP contribution in [0.5, 0.6) is 0 Å². The van der Waals surface area contributed by atoms with Gasteiger partial charge in [-0.2, -0.15) is 0 Å². The first-order valence-electron chi connectivity index (χ1n) is 7.22. The molecule has 2 aromatic rings. The first-order chi connectivity index (χ1) is 9.75. The van der Waals surface area contributed by atoms with Crippen molar-refractivity contribution in [2.24, 2.45) is 0 Å². The molecule has 112 valence electrons. The minimum atomic E-state index is -0.147. The lowest BCUT2D eigenvalue weighted by Gasteiger charge is -2.23. The van der Waals surface area contributed by atoms with Crippen molar-refractivity contribution in [3.05, 3.63) is 68.5 Å². The lowest BCUT2D eigenvalue weighted by Crippen LogP contribution is -2.07. The molecule has 1 atom stereocenters. The number of aryl methyl sites for hydroxylation is 1. The second kappa shape index (κ2) is 5.92. The van der Waals surface area contributed by atoms with E-state index in [0.717, 1.165) is 5.56 Å². The van der Waals surface area contributed by atoms with Gasteiger partial charge in [-0.25, -0.2) is 4.39 Å². The molecule has 0 saturated heterocycles. The van der Waals surface area contributed by atoms with E-state index in [0.29, 0.717) is 5.56 Å². The fourth-order valence-electron chi connectivity index (χ4n) is 2.90. The van der Waals surface area contributed by atoms with Crippen molar-refractivity contribution in [3.8, 4) is 0 Å². The number of alkyl halides is 1. The largest absolute Gasteiger partial charge is 0.207 e. The zero-order valence-electron chi connectivity index (χ0n) is 13.6. The lowest BCUT2D eigenvalue weighted by atomic mass is 9.86. The predicted octanol–water partition coefficient (Wildman–Crippen LogP) is 6.16. The van der Waals surface area contributed by atoms with Crippen LogP contribution < -0.4 is 0 Å². The van der Waals surface area contributed by atoms with Crippen molar-refractivity contribution in [1.82, 2.24) is 0 Å². The van der Waals surface area contributed by atoms with Crippen LogP contribution in [0.25, 0.3) is 0 Å². The highest BCUT2D eigenvalue weighted by molar-refractivity contribution is 9.09. The van der Waals surface area contributed by atoms with Gasteiger partial charge in [0.2, 0.25) is 0 Å². The Kier molecular flexibility index (Phi) is 4.57. The Morgan fingerprint density at radius 2 is 1.29 bits per heavy atom. The topological polar surface area (TPSA) is 0 Å². The van der Waals surface area contributed by atoms with Gasteiger partial charge in [0.25, 0.3) is 0 Å². The van der Waals surface area contributed by atoms with Crippen LogP contribution in [0.15, 0.2) is 18.2 Å². The van der Waals surface area contributed by atoms with Crippen molar-refractivity contribution in [2.75, 3.05) is 0 Å². The van der Waals surface area contributed by atoms with E-state index in [2.05, 4.69) is 50.5 Å². The molecule has 0 aliphatic rings. The molecule has 0 bridgehead atoms. The van der Waals surface area contributed by atoms with Crippen molar-refractivity contribution in [2.45, 2.75) is 46.4 Å². The van der Waals surface area contributed by atoms with Gasteiger partial charge in [-0.15, -0.1) is 0 Å². The van der Waals surface area contributed by atoms with E-state index in [1.165, 1.54) is 33.4 Å². The molecule has 2 heteroatoms. The van der Waals surface area contributed by atoms with Gasteiger partial charge in [-0.05, 0) is 86.6 Å². The highest BCUT2D eigenvalue weighted by atomic mass is 79.9. The Hall–Kier alpha value is -1.15. The molecule has 0 aliphatic carbocycles. The summed E-state index contributed by atoms with van der Waals surface area (Å²) in [5.41, 5.74) is 9.26. The molecular formula is C19H22BrF. The predicted molar refractivity (Wildman–Crippen MR) is 92.0 cm³/mol. The summed E-state index contributed by atoms with van der Waals surface area (Å²) in [6.45, 7) is 12.6. The molecule has 21 heavy (non-hydrogen) atoms. The van der Waals surface area contributed by atoms with E-state index < -0.39 is 0 Å². The Morgan fingerprint density at radius 1 is 0.810 bits per heavy atom. The van der Waals surface area contributed by atoms with Crippen molar-refractivity contribution < 1.29 is 4.39 Å². The highest BCUT2D eigenvalue weighted by Crippen LogP contribution is 2.39. The number of hydrogen-bond acceptors (Lipinski definition) is 0. The SMILES string of the molecule is Cc1ccc(C(Br)c2c(C)c(C)c(C)c(C)c2C)c(F)c1. The maximum atomic E-state index is 14.3. The van der Waals surface area contributed by atoms with E-state index >= 15 is 0 Å². The second-order valence-electron chi connectivity index (χ2n) is 5.93. The molecule has 0 spiro atoms. The standard InChI is InChI=1S/C19H22BrF/c1-10-7-8-16(17(21)9-10)19(20)18-14(5)12(3)11(2)13(4)15(18)6/h7-9,19H,1-6H3. The Balaban J connectivity index is 2.66. The maximum absolute atomic E-state index is 14.3. The van der Waals surface area contributed by atoms with E-state index in [1.54, 1.807) is 6.07 Å². The van der Waals surface area contributed by atoms with Crippen LogP contribution >= 0.6 is 15.9 Å². The third kappa shape index (κ3) is 2.78. The number of rotatable bonds is 2. The third-order valence-electron chi connectivity index (χ3n) is 4.74. The third-order valence-corrected chi connectivity index (χ3v) is 5.69. The first-order valence-corrected chi connectivity index (χ1v) is 8.14. The smallest absolute Gasteiger partial charge is 0.128 e. The van der Waals surface area contributed by atoms with Crippen LogP contribution in [0, 0.1) is 47.4 Å². The Morgan fingerprint density at radius 3 is 1.76 bits per heavy atom. The fourth-order valence-corrected chi connectivity index (χ4v) is 3.96. The number of benzene rings is 2. The van der Waals surface area contributed by atoms with Crippen LogP contribution in [0.1, 0.15) is 49.3 Å². The minimum absolute atomic E-state index is 0.115. The van der Waals surface area contributed by atoms with Gasteiger partial charge in [-0.3, -0.25) is 0 Å². The summed E-state index contributed by atoms with van der Waals surface area (Å²) in [7, 11) is 0. The molecule has 0 aliphatic heterocycles. The quantitative estimate of drug-likeness (QED) is 0.570. The molecule has 0 fully saturated rings. The zero-order chi connectivity index (χ0) is 15.9. The van der Waals surface area contributed by atoms with Gasteiger partial charge >= 0.3 is 0 Å². The Labute approximate surface area is 135 Å². The average molecular weight is 349 g/mol. The molecular weight excluding hydrogens is 327 g/mol. The molecule has 2 aromatic carbocycles. The lowest BCUT2D eigenvalue weighted by molar-refractivity contribution is 0.612. The van der Waals surface area contributed by atoms with Crippen LogP contribution in [0.2, 0.25) is 0 Å². The molecule has 0 amide bonds. The van der Waals surface area contributed by atoms with Crippen molar-refractivity contribution in [3.63, 3.8) is 0 Å². The molecule has 0 aromatic heterocycles. The monoisotopic (exact) mass is 348 g/mol. The average Bonchev–Trinajstić information content (AvgIpc) is 2.43. The summed E-state index contributed by atoms with van der Waals surface area (Å²) in [4.78, 5) is -0.115. The zero-order valence-corrected chi connectivity index (χ0v) is 15.2. The van der Waals surface area contributed by atoms with Gasteiger partial charge in [-0.1, -0.05) is 28.1 Å². The molecule has 0 saturated carbocycles. The normalized spacial score (nSPS) is 12.6. The Bertz CT molecular complexity index is 672. The molecule has 1 unspecified atom stereocenters. The number of halogens is 2. The fraction of sp³-hybridized carbons (Fsp3) is 0.368. The highest BCUT2D eigenvalue weighted by Gasteiger charge is 2.22. The van der Waals surface area contributed by atoms with Crippen LogP contribution in [-0.2, 0) is 0 Å². The maximum Gasteiger partial charge on any atom is 0.128 e. The first kappa shape index (κ1) is 16.2. The van der Waals surface area contributed by atoms with Crippen LogP contribution in [0.3, 0.4) is 0 Å². The molecule has 0 N–H and O–H groups in total. The van der Waals surface area contributed by atoms with Crippen LogP contribution in [0.4, 0.5) is 4.39 Å². The summed E-state index contributed by atoms with van der Waals surface area (Å²) in [6.07, 6.45) is 0. The molecule has 0 nitrogen and oxygen atoms in total. The van der Waals surface area contributed by atoms with Gasteiger partial charge < -0.3 is 0 Å². The van der Waals surface area contributed by atoms with Crippen LogP contribution in [-0.4, -0.2) is 0 Å². The van der Waals surface area contributed by atoms with E-state index in [-0.39, 0.29) is 10.6 Å². The summed E-state index contributed by atoms with van der Waals surface area (Å²) in [5, 5.41) is 0. The summed E-state index contributed by atoms with van der Waals surface area (Å²) < 4.78 is 14.3. The summed E-state index contributed by atoms with van der Waals surface area (Å²) in [5.74, 6) is -0.147. The minimum Gasteiger partial charge on any atom is -0.207 e. The van der Waals surface area contributed by atoms with E-state index in [9.17, 15) is 4.39 Å². The number of hydrogen-bond donors (Lipinski definition) is 0. The van der Waals surface area contributed by atoms with Crippen molar-refractivity contribution in [1.29, 1.82) is 0 Å². The van der Waals surface area contributed by atoms with E-state index in [1.807, 2.05) is 19.1 Å². The second-order valence-corrected chi connectivity index (χ2v) is 6.84. The summed E-state index contributed by atoms with van der Waals surface area (Å²) >= 11 is 3.72. The van der Waals surface area contributed by atoms with Gasteiger partial charge in [0.15, 0.2) is 0 Å². The summed E-state index contributed by atoms with van der Waals surface area (Å²) in [6, 6.07) is 5.45. The van der Waals surface area contributed by atoms with Gasteiger partial charge in [0.1, 0.15) is 5.82 Å². The molecule has 0 radical (unpaired) electrons. The van der Waals surface area contributed by atoms with Gasteiger partial charge in [0.05, 0.1) is 4.83 Å². The molecule has 2 rings (SSSR count).